The van der Waals surface area contributed by atoms with E-state index in [1.807, 2.05) is 12.1 Å². The fourth-order valence-corrected chi connectivity index (χ4v) is 3.50. The van der Waals surface area contributed by atoms with E-state index in [-0.39, 0.29) is 5.91 Å². The van der Waals surface area contributed by atoms with Crippen LogP contribution >= 0.6 is 15.9 Å². The van der Waals surface area contributed by atoms with Crippen molar-refractivity contribution in [3.05, 3.63) is 52.3 Å². The van der Waals surface area contributed by atoms with Gasteiger partial charge in [-0.05, 0) is 59.2 Å². The summed E-state index contributed by atoms with van der Waals surface area (Å²) in [6, 6.07) is 7.87. The minimum Gasteiger partial charge on any atom is -0.369 e. The molecule has 25 heavy (non-hydrogen) atoms. The number of nitrogens with one attached hydrogen (secondary N) is 1. The largest absolute Gasteiger partial charge is 0.369 e. The summed E-state index contributed by atoms with van der Waals surface area (Å²) >= 11 is 3.34. The van der Waals surface area contributed by atoms with E-state index in [1.165, 1.54) is 11.3 Å². The van der Waals surface area contributed by atoms with Gasteiger partial charge in [-0.25, -0.2) is 0 Å². The zero-order valence-corrected chi connectivity index (χ0v) is 16.2. The van der Waals surface area contributed by atoms with Crippen molar-refractivity contribution < 1.29 is 4.79 Å². The van der Waals surface area contributed by atoms with E-state index >= 15 is 0 Å². The SMILES string of the molecule is CCN1CCN(c2ccc(NC(=O)c3cncc(Br)c3)cc2C)CC1. The number of hydrogen-bond acceptors (Lipinski definition) is 4. The minimum absolute atomic E-state index is 0.155. The van der Waals surface area contributed by atoms with Gasteiger partial charge in [-0.1, -0.05) is 6.92 Å². The third-order valence-electron chi connectivity index (χ3n) is 4.58. The zero-order chi connectivity index (χ0) is 17.8. The molecule has 1 aromatic heterocycles. The van der Waals surface area contributed by atoms with Crippen LogP contribution < -0.4 is 10.2 Å². The van der Waals surface area contributed by atoms with Gasteiger partial charge in [0.2, 0.25) is 0 Å². The second-order valence-electron chi connectivity index (χ2n) is 6.27. The molecule has 1 aromatic carbocycles. The Morgan fingerprint density at radius 2 is 1.96 bits per heavy atom. The number of piperazine rings is 1. The molecule has 6 heteroatoms. The molecule has 132 valence electrons. The molecule has 0 unspecified atom stereocenters. The van der Waals surface area contributed by atoms with E-state index in [0.29, 0.717) is 5.56 Å². The Bertz CT molecular complexity index is 757. The first-order valence-electron chi connectivity index (χ1n) is 8.56. The number of carbonyl (C=O) groups excluding carboxylic acids is 1. The third kappa shape index (κ3) is 4.38. The molecule has 0 radical (unpaired) electrons. The lowest BCUT2D eigenvalue weighted by Gasteiger charge is -2.36. The highest BCUT2D eigenvalue weighted by molar-refractivity contribution is 9.10. The normalized spacial score (nSPS) is 15.2. The van der Waals surface area contributed by atoms with E-state index in [9.17, 15) is 4.79 Å². The molecule has 0 spiro atoms. The number of aromatic nitrogens is 1. The average molecular weight is 403 g/mol. The van der Waals surface area contributed by atoms with E-state index in [2.05, 4.69) is 55.9 Å². The molecule has 0 aliphatic carbocycles. The van der Waals surface area contributed by atoms with Crippen LogP contribution in [0, 0.1) is 6.92 Å². The summed E-state index contributed by atoms with van der Waals surface area (Å²) in [5.41, 5.74) is 3.76. The van der Waals surface area contributed by atoms with Crippen molar-refractivity contribution in [3.63, 3.8) is 0 Å². The molecule has 1 aliphatic heterocycles. The number of anilines is 2. The highest BCUT2D eigenvalue weighted by Crippen LogP contribution is 2.25. The quantitative estimate of drug-likeness (QED) is 0.849. The Labute approximate surface area is 157 Å². The van der Waals surface area contributed by atoms with Gasteiger partial charge in [0.05, 0.1) is 5.56 Å². The lowest BCUT2D eigenvalue weighted by molar-refractivity contribution is 0.102. The number of hydrogen-bond donors (Lipinski definition) is 1. The Morgan fingerprint density at radius 1 is 1.20 bits per heavy atom. The second kappa shape index (κ2) is 7.97. The number of benzene rings is 1. The fraction of sp³-hybridized carbons (Fsp3) is 0.368. The smallest absolute Gasteiger partial charge is 0.257 e. The number of halogens is 1. The van der Waals surface area contributed by atoms with Crippen molar-refractivity contribution in [1.29, 1.82) is 0 Å². The van der Waals surface area contributed by atoms with Gasteiger partial charge in [-0.15, -0.1) is 0 Å². The van der Waals surface area contributed by atoms with Crippen LogP contribution in [0.15, 0.2) is 41.1 Å². The first kappa shape index (κ1) is 17.9. The number of aryl methyl sites for hydroxylation is 1. The second-order valence-corrected chi connectivity index (χ2v) is 7.18. The van der Waals surface area contributed by atoms with Crippen LogP contribution in [0.1, 0.15) is 22.8 Å². The third-order valence-corrected chi connectivity index (χ3v) is 5.02. The highest BCUT2D eigenvalue weighted by atomic mass is 79.9. The summed E-state index contributed by atoms with van der Waals surface area (Å²) in [5.74, 6) is -0.155. The molecule has 0 bridgehead atoms. The first-order chi connectivity index (χ1) is 12.1. The van der Waals surface area contributed by atoms with Crippen LogP contribution in [0.5, 0.6) is 0 Å². The highest BCUT2D eigenvalue weighted by Gasteiger charge is 2.17. The summed E-state index contributed by atoms with van der Waals surface area (Å²) in [6.07, 6.45) is 3.22. The van der Waals surface area contributed by atoms with Crippen molar-refractivity contribution >= 4 is 33.2 Å². The maximum Gasteiger partial charge on any atom is 0.257 e. The van der Waals surface area contributed by atoms with Crippen molar-refractivity contribution in [1.82, 2.24) is 9.88 Å². The molecule has 1 amide bonds. The summed E-state index contributed by atoms with van der Waals surface area (Å²) in [4.78, 5) is 21.3. The molecule has 2 heterocycles. The standard InChI is InChI=1S/C19H23BrN4O/c1-3-23-6-8-24(9-7-23)18-5-4-17(10-14(18)2)22-19(25)15-11-16(20)13-21-12-15/h4-5,10-13H,3,6-9H2,1-2H3,(H,22,25). The Morgan fingerprint density at radius 3 is 2.60 bits per heavy atom. The number of rotatable bonds is 4. The van der Waals surface area contributed by atoms with Gasteiger partial charge < -0.3 is 15.1 Å². The number of likely N-dealkylation sites (N-methyl/N-ethyl adjacent to an activating group) is 1. The minimum atomic E-state index is -0.155. The summed E-state index contributed by atoms with van der Waals surface area (Å²) in [6.45, 7) is 9.71. The Balaban J connectivity index is 1.69. The van der Waals surface area contributed by atoms with Gasteiger partial charge >= 0.3 is 0 Å². The van der Waals surface area contributed by atoms with Gasteiger partial charge in [-0.2, -0.15) is 0 Å². The molecule has 0 atom stereocenters. The lowest BCUT2D eigenvalue weighted by atomic mass is 10.1. The molecule has 1 N–H and O–H groups in total. The molecule has 1 saturated heterocycles. The molecule has 5 nitrogen and oxygen atoms in total. The van der Waals surface area contributed by atoms with Crippen molar-refractivity contribution in [2.24, 2.45) is 0 Å². The number of nitrogens with zero attached hydrogens (tertiary/aromatic N) is 3. The van der Waals surface area contributed by atoms with Crippen molar-refractivity contribution in [2.75, 3.05) is 42.9 Å². The Hall–Kier alpha value is -1.92. The number of amides is 1. The van der Waals surface area contributed by atoms with Gasteiger partial charge in [0, 0.05) is 54.4 Å². The van der Waals surface area contributed by atoms with Gasteiger partial charge in [0.25, 0.3) is 5.91 Å². The van der Waals surface area contributed by atoms with E-state index in [0.717, 1.165) is 42.9 Å². The monoisotopic (exact) mass is 402 g/mol. The average Bonchev–Trinajstić information content (AvgIpc) is 2.62. The Kier molecular flexibility index (Phi) is 5.71. The van der Waals surface area contributed by atoms with Crippen LogP contribution in [-0.2, 0) is 0 Å². The van der Waals surface area contributed by atoms with Crippen molar-refractivity contribution in [2.45, 2.75) is 13.8 Å². The predicted octanol–water partition coefficient (Wildman–Crippen LogP) is 3.55. The molecule has 1 fully saturated rings. The van der Waals surface area contributed by atoms with Gasteiger partial charge in [0.1, 0.15) is 0 Å². The van der Waals surface area contributed by atoms with E-state index in [1.54, 1.807) is 18.5 Å². The van der Waals surface area contributed by atoms with Crippen LogP contribution in [0.2, 0.25) is 0 Å². The molecule has 0 saturated carbocycles. The first-order valence-corrected chi connectivity index (χ1v) is 9.36. The predicted molar refractivity (Wildman–Crippen MR) is 105 cm³/mol. The number of carbonyl (C=O) groups is 1. The van der Waals surface area contributed by atoms with Crippen LogP contribution in [0.3, 0.4) is 0 Å². The summed E-state index contributed by atoms with van der Waals surface area (Å²) in [5, 5.41) is 2.95. The lowest BCUT2D eigenvalue weighted by Crippen LogP contribution is -2.46. The van der Waals surface area contributed by atoms with Gasteiger partial charge in [0.15, 0.2) is 0 Å². The number of pyridine rings is 1. The van der Waals surface area contributed by atoms with Gasteiger partial charge in [-0.3, -0.25) is 9.78 Å². The molecule has 3 rings (SSSR count). The summed E-state index contributed by atoms with van der Waals surface area (Å²) in [7, 11) is 0. The van der Waals surface area contributed by atoms with E-state index < -0.39 is 0 Å². The maximum atomic E-state index is 12.3. The zero-order valence-electron chi connectivity index (χ0n) is 14.6. The fourth-order valence-electron chi connectivity index (χ4n) is 3.13. The molecule has 2 aromatic rings. The van der Waals surface area contributed by atoms with E-state index in [4.69, 9.17) is 0 Å². The maximum absolute atomic E-state index is 12.3. The molecular formula is C19H23BrN4O. The summed E-state index contributed by atoms with van der Waals surface area (Å²) < 4.78 is 0.790. The van der Waals surface area contributed by atoms with Crippen LogP contribution in [-0.4, -0.2) is 48.5 Å². The molecule has 1 aliphatic rings. The van der Waals surface area contributed by atoms with Crippen LogP contribution in [0.25, 0.3) is 0 Å². The van der Waals surface area contributed by atoms with Crippen molar-refractivity contribution in [3.8, 4) is 0 Å². The molecular weight excluding hydrogens is 380 g/mol. The van der Waals surface area contributed by atoms with Crippen LogP contribution in [0.4, 0.5) is 11.4 Å². The topological polar surface area (TPSA) is 48.5 Å².